The maximum atomic E-state index is 7.40. The number of rotatable bonds is 2. The molecule has 0 aliphatic carbocycles. The molecule has 1 aromatic heterocycles. The third kappa shape index (κ3) is 2.30. The highest BCUT2D eigenvalue weighted by Gasteiger charge is 2.34. The minimum atomic E-state index is 0.0775. The van der Waals surface area contributed by atoms with E-state index in [0.29, 0.717) is 11.6 Å². The van der Waals surface area contributed by atoms with Gasteiger partial charge >= 0.3 is 0 Å². The summed E-state index contributed by atoms with van der Waals surface area (Å²) in [6, 6.07) is 5.26. The van der Waals surface area contributed by atoms with E-state index in [4.69, 9.17) is 11.1 Å². The first kappa shape index (κ1) is 12.4. The molecule has 2 aliphatic heterocycles. The number of pyridine rings is 1. The molecule has 0 radical (unpaired) electrons. The predicted octanol–water partition coefficient (Wildman–Crippen LogP) is 1.04. The van der Waals surface area contributed by atoms with Crippen molar-refractivity contribution >= 4 is 11.7 Å². The van der Waals surface area contributed by atoms with Gasteiger partial charge in [-0.3, -0.25) is 10.3 Å². The highest BCUT2D eigenvalue weighted by Crippen LogP contribution is 2.30. The van der Waals surface area contributed by atoms with Crippen molar-refractivity contribution in [1.29, 1.82) is 5.41 Å². The minimum absolute atomic E-state index is 0.0775. The van der Waals surface area contributed by atoms with Gasteiger partial charge in [-0.1, -0.05) is 0 Å². The Morgan fingerprint density at radius 1 is 1.32 bits per heavy atom. The molecule has 5 nitrogen and oxygen atoms in total. The molecule has 0 aromatic carbocycles. The molecule has 19 heavy (non-hydrogen) atoms. The molecule has 2 unspecified atom stereocenters. The molecule has 3 N–H and O–H groups in total. The Morgan fingerprint density at radius 3 is 2.79 bits per heavy atom. The summed E-state index contributed by atoms with van der Waals surface area (Å²) >= 11 is 0. The third-order valence-electron chi connectivity index (χ3n) is 4.53. The first-order chi connectivity index (χ1) is 9.15. The number of anilines is 1. The second-order valence-corrected chi connectivity index (χ2v) is 5.60. The van der Waals surface area contributed by atoms with Crippen LogP contribution in [0.5, 0.6) is 0 Å². The van der Waals surface area contributed by atoms with Gasteiger partial charge in [-0.15, -0.1) is 0 Å². The summed E-state index contributed by atoms with van der Waals surface area (Å²) in [7, 11) is 2.25. The normalized spacial score (nSPS) is 27.3. The van der Waals surface area contributed by atoms with Gasteiger partial charge in [0.15, 0.2) is 0 Å². The smallest absolute Gasteiger partial charge is 0.128 e. The zero-order valence-electron chi connectivity index (χ0n) is 11.3. The molecule has 102 valence electrons. The second kappa shape index (κ2) is 4.81. The van der Waals surface area contributed by atoms with Crippen molar-refractivity contribution in [3.05, 3.63) is 23.9 Å². The van der Waals surface area contributed by atoms with E-state index in [1.807, 2.05) is 12.1 Å². The number of nitrogens with two attached hydrogens (primary N) is 1. The van der Waals surface area contributed by atoms with E-state index >= 15 is 0 Å². The number of amidine groups is 1. The lowest BCUT2D eigenvalue weighted by molar-refractivity contribution is 0.254. The van der Waals surface area contributed by atoms with Crippen LogP contribution in [0.1, 0.15) is 24.8 Å². The lowest BCUT2D eigenvalue weighted by Crippen LogP contribution is -2.37. The molecule has 1 aromatic rings. The molecule has 3 rings (SSSR count). The van der Waals surface area contributed by atoms with Crippen molar-refractivity contribution in [2.24, 2.45) is 5.73 Å². The topological polar surface area (TPSA) is 69.2 Å². The van der Waals surface area contributed by atoms with Crippen LogP contribution in [-0.2, 0) is 0 Å². The highest BCUT2D eigenvalue weighted by molar-refractivity contribution is 5.94. The average molecular weight is 259 g/mol. The summed E-state index contributed by atoms with van der Waals surface area (Å²) in [5.41, 5.74) is 6.15. The van der Waals surface area contributed by atoms with E-state index in [-0.39, 0.29) is 5.84 Å². The quantitative estimate of drug-likeness (QED) is 0.615. The molecule has 2 aliphatic rings. The van der Waals surface area contributed by atoms with E-state index in [0.717, 1.165) is 24.9 Å². The molecule has 5 heteroatoms. The standard InChI is InChI=1S/C14H21N5/c1-18-11-3-4-12(18)9-19(7-6-11)13-5-2-10(8-17-13)14(15)16/h2,5,8,11-12H,3-4,6-7,9H2,1H3,(H3,15,16). The van der Waals surface area contributed by atoms with Gasteiger partial charge < -0.3 is 10.6 Å². The zero-order valence-corrected chi connectivity index (χ0v) is 11.3. The second-order valence-electron chi connectivity index (χ2n) is 5.60. The fourth-order valence-corrected chi connectivity index (χ4v) is 3.25. The number of nitrogens with zero attached hydrogens (tertiary/aromatic N) is 3. The third-order valence-corrected chi connectivity index (χ3v) is 4.53. The van der Waals surface area contributed by atoms with Crippen LogP contribution < -0.4 is 10.6 Å². The fourth-order valence-electron chi connectivity index (χ4n) is 3.25. The van der Waals surface area contributed by atoms with Crippen molar-refractivity contribution < 1.29 is 0 Å². The summed E-state index contributed by atoms with van der Waals surface area (Å²) in [6.07, 6.45) is 5.54. The van der Waals surface area contributed by atoms with Crippen molar-refractivity contribution in [3.8, 4) is 0 Å². The molecule has 2 saturated heterocycles. The first-order valence-corrected chi connectivity index (χ1v) is 6.92. The summed E-state index contributed by atoms with van der Waals surface area (Å²) in [6.45, 7) is 2.12. The molecule has 2 fully saturated rings. The Morgan fingerprint density at radius 2 is 2.11 bits per heavy atom. The van der Waals surface area contributed by atoms with Gasteiger partial charge in [0.25, 0.3) is 0 Å². The van der Waals surface area contributed by atoms with Crippen LogP contribution in [0.25, 0.3) is 0 Å². The molecule has 2 atom stereocenters. The Kier molecular flexibility index (Phi) is 3.14. The average Bonchev–Trinajstić information content (AvgIpc) is 2.63. The molecular formula is C14H21N5. The molecule has 2 bridgehead atoms. The lowest BCUT2D eigenvalue weighted by atomic mass is 10.1. The van der Waals surface area contributed by atoms with E-state index in [1.165, 1.54) is 19.3 Å². The van der Waals surface area contributed by atoms with E-state index < -0.39 is 0 Å². The monoisotopic (exact) mass is 259 g/mol. The summed E-state index contributed by atoms with van der Waals surface area (Å²) in [5.74, 6) is 1.08. The largest absolute Gasteiger partial charge is 0.384 e. The van der Waals surface area contributed by atoms with Crippen LogP contribution in [0.3, 0.4) is 0 Å². The fraction of sp³-hybridized carbons (Fsp3) is 0.571. The molecule has 3 heterocycles. The van der Waals surface area contributed by atoms with E-state index in [1.54, 1.807) is 6.20 Å². The number of nitrogen functional groups attached to an aromatic ring is 1. The SMILES string of the molecule is CN1C2CCC1CN(c1ccc(C(=N)N)cn1)CC2. The van der Waals surface area contributed by atoms with Gasteiger partial charge in [0.1, 0.15) is 11.7 Å². The Bertz CT molecular complexity index is 469. The summed E-state index contributed by atoms with van der Waals surface area (Å²) in [4.78, 5) is 9.36. The number of nitrogens with one attached hydrogen (secondary N) is 1. The summed E-state index contributed by atoms with van der Waals surface area (Å²) < 4.78 is 0. The van der Waals surface area contributed by atoms with Crippen LogP contribution in [0, 0.1) is 5.41 Å². The van der Waals surface area contributed by atoms with Gasteiger partial charge in [0.2, 0.25) is 0 Å². The van der Waals surface area contributed by atoms with Crippen LogP contribution in [-0.4, -0.2) is 47.9 Å². The number of likely N-dealkylation sites (N-methyl/N-ethyl adjacent to an activating group) is 1. The Hall–Kier alpha value is -1.62. The zero-order chi connectivity index (χ0) is 13.4. The minimum Gasteiger partial charge on any atom is -0.384 e. The number of hydrogen-bond donors (Lipinski definition) is 2. The van der Waals surface area contributed by atoms with Crippen molar-refractivity contribution in [3.63, 3.8) is 0 Å². The van der Waals surface area contributed by atoms with Crippen molar-refractivity contribution in [2.75, 3.05) is 25.0 Å². The van der Waals surface area contributed by atoms with Crippen molar-refractivity contribution in [2.45, 2.75) is 31.3 Å². The Balaban J connectivity index is 1.77. The molecular weight excluding hydrogens is 238 g/mol. The van der Waals surface area contributed by atoms with Gasteiger partial charge in [-0.05, 0) is 38.4 Å². The van der Waals surface area contributed by atoms with Crippen LogP contribution in [0.4, 0.5) is 5.82 Å². The van der Waals surface area contributed by atoms with E-state index in [9.17, 15) is 0 Å². The first-order valence-electron chi connectivity index (χ1n) is 6.92. The lowest BCUT2D eigenvalue weighted by Gasteiger charge is -2.26. The van der Waals surface area contributed by atoms with Crippen LogP contribution in [0.2, 0.25) is 0 Å². The van der Waals surface area contributed by atoms with Gasteiger partial charge in [-0.25, -0.2) is 4.98 Å². The highest BCUT2D eigenvalue weighted by atomic mass is 15.3. The van der Waals surface area contributed by atoms with Crippen LogP contribution in [0.15, 0.2) is 18.3 Å². The predicted molar refractivity (Wildman–Crippen MR) is 76.7 cm³/mol. The maximum Gasteiger partial charge on any atom is 0.128 e. The molecule has 0 spiro atoms. The van der Waals surface area contributed by atoms with Gasteiger partial charge in [0.05, 0.1) is 0 Å². The number of fused-ring (bicyclic) bond motifs is 2. The number of aromatic nitrogens is 1. The van der Waals surface area contributed by atoms with Crippen molar-refractivity contribution in [1.82, 2.24) is 9.88 Å². The maximum absolute atomic E-state index is 7.40. The van der Waals surface area contributed by atoms with E-state index in [2.05, 4.69) is 21.8 Å². The Labute approximate surface area is 113 Å². The summed E-state index contributed by atoms with van der Waals surface area (Å²) in [5, 5.41) is 7.40. The van der Waals surface area contributed by atoms with Gasteiger partial charge in [-0.2, -0.15) is 0 Å². The molecule has 0 amide bonds. The van der Waals surface area contributed by atoms with Crippen LogP contribution >= 0.6 is 0 Å². The molecule has 0 saturated carbocycles. The number of hydrogen-bond acceptors (Lipinski definition) is 4. The van der Waals surface area contributed by atoms with Gasteiger partial charge in [0, 0.05) is 36.9 Å².